The van der Waals surface area contributed by atoms with Gasteiger partial charge in [-0.05, 0) is 57.0 Å². The van der Waals surface area contributed by atoms with Crippen LogP contribution in [0, 0.1) is 0 Å². The fourth-order valence-electron chi connectivity index (χ4n) is 1.92. The van der Waals surface area contributed by atoms with E-state index in [-0.39, 0.29) is 0 Å². The van der Waals surface area contributed by atoms with Crippen LogP contribution in [0.4, 0.5) is 0 Å². The van der Waals surface area contributed by atoms with Crippen LogP contribution in [0.1, 0.15) is 25.0 Å². The van der Waals surface area contributed by atoms with Gasteiger partial charge in [-0.2, -0.15) is 11.8 Å². The smallest absolute Gasteiger partial charge is 0.183 e. The fourth-order valence-corrected chi connectivity index (χ4v) is 3.52. The standard InChI is InChI=1S/C11H15Br2NOS/c1-16-11(3-2-4-11)7-14-6-8-5-9(12)10(13)15-8/h5,14H,2-4,6-7H2,1H3. The third kappa shape index (κ3) is 2.86. The highest BCUT2D eigenvalue weighted by Gasteiger charge is 2.35. The zero-order chi connectivity index (χ0) is 11.6. The van der Waals surface area contributed by atoms with Crippen LogP contribution < -0.4 is 5.32 Å². The second-order valence-corrected chi connectivity index (χ2v) is 7.03. The van der Waals surface area contributed by atoms with Crippen molar-refractivity contribution in [2.45, 2.75) is 30.6 Å². The maximum atomic E-state index is 5.51. The summed E-state index contributed by atoms with van der Waals surface area (Å²) < 4.78 is 7.75. The van der Waals surface area contributed by atoms with E-state index < -0.39 is 0 Å². The van der Waals surface area contributed by atoms with Crippen molar-refractivity contribution >= 4 is 43.6 Å². The molecular weight excluding hydrogens is 354 g/mol. The summed E-state index contributed by atoms with van der Waals surface area (Å²) in [6.45, 7) is 1.87. The van der Waals surface area contributed by atoms with Gasteiger partial charge in [0.15, 0.2) is 4.67 Å². The summed E-state index contributed by atoms with van der Waals surface area (Å²) in [5, 5.41) is 3.48. The van der Waals surface area contributed by atoms with Gasteiger partial charge >= 0.3 is 0 Å². The Bertz CT molecular complexity index is 338. The minimum Gasteiger partial charge on any atom is -0.452 e. The minimum atomic E-state index is 0.487. The van der Waals surface area contributed by atoms with Gasteiger partial charge in [0.2, 0.25) is 0 Å². The summed E-state index contributed by atoms with van der Waals surface area (Å²) in [5.41, 5.74) is 0. The number of halogens is 2. The molecule has 0 unspecified atom stereocenters. The van der Waals surface area contributed by atoms with Crippen LogP contribution in [-0.2, 0) is 6.54 Å². The molecule has 16 heavy (non-hydrogen) atoms. The van der Waals surface area contributed by atoms with Crippen molar-refractivity contribution in [3.63, 3.8) is 0 Å². The third-order valence-corrected chi connectivity index (χ3v) is 6.27. The monoisotopic (exact) mass is 367 g/mol. The molecule has 1 heterocycles. The quantitative estimate of drug-likeness (QED) is 0.843. The van der Waals surface area contributed by atoms with E-state index in [2.05, 4.69) is 43.4 Å². The molecule has 0 aromatic carbocycles. The maximum absolute atomic E-state index is 5.51. The van der Waals surface area contributed by atoms with E-state index in [1.54, 1.807) is 0 Å². The van der Waals surface area contributed by atoms with E-state index >= 15 is 0 Å². The largest absolute Gasteiger partial charge is 0.452 e. The Hall–Kier alpha value is 0.550. The molecule has 1 aromatic heterocycles. The van der Waals surface area contributed by atoms with Crippen LogP contribution in [0.5, 0.6) is 0 Å². The molecule has 0 bridgehead atoms. The van der Waals surface area contributed by atoms with E-state index in [1.165, 1.54) is 19.3 Å². The minimum absolute atomic E-state index is 0.487. The van der Waals surface area contributed by atoms with E-state index in [0.29, 0.717) is 4.75 Å². The maximum Gasteiger partial charge on any atom is 0.183 e. The van der Waals surface area contributed by atoms with Crippen LogP contribution in [-0.4, -0.2) is 17.5 Å². The number of furan rings is 1. The zero-order valence-electron chi connectivity index (χ0n) is 9.19. The van der Waals surface area contributed by atoms with Gasteiger partial charge in [0.25, 0.3) is 0 Å². The number of hydrogen-bond acceptors (Lipinski definition) is 3. The molecule has 1 aromatic rings. The number of rotatable bonds is 5. The van der Waals surface area contributed by atoms with Gasteiger partial charge in [-0.25, -0.2) is 0 Å². The average Bonchev–Trinajstić information content (AvgIpc) is 2.51. The summed E-state index contributed by atoms with van der Waals surface area (Å²) >= 11 is 8.74. The Morgan fingerprint density at radius 1 is 1.50 bits per heavy atom. The van der Waals surface area contributed by atoms with Crippen LogP contribution in [0.25, 0.3) is 0 Å². The molecule has 90 valence electrons. The first-order valence-electron chi connectivity index (χ1n) is 5.35. The van der Waals surface area contributed by atoms with Crippen LogP contribution in [0.15, 0.2) is 19.6 Å². The highest BCUT2D eigenvalue weighted by molar-refractivity contribution is 9.13. The van der Waals surface area contributed by atoms with E-state index in [9.17, 15) is 0 Å². The topological polar surface area (TPSA) is 25.2 Å². The lowest BCUT2D eigenvalue weighted by atomic mass is 9.84. The van der Waals surface area contributed by atoms with Crippen LogP contribution in [0.3, 0.4) is 0 Å². The highest BCUT2D eigenvalue weighted by atomic mass is 79.9. The van der Waals surface area contributed by atoms with E-state index in [4.69, 9.17) is 4.42 Å². The van der Waals surface area contributed by atoms with Crippen molar-refractivity contribution < 1.29 is 4.42 Å². The van der Waals surface area contributed by atoms with Crippen molar-refractivity contribution in [2.75, 3.05) is 12.8 Å². The van der Waals surface area contributed by atoms with Crippen molar-refractivity contribution in [1.29, 1.82) is 0 Å². The summed E-state index contributed by atoms with van der Waals surface area (Å²) in [6, 6.07) is 2.00. The molecule has 2 rings (SSSR count). The Balaban J connectivity index is 1.79. The van der Waals surface area contributed by atoms with Crippen LogP contribution in [0.2, 0.25) is 0 Å². The lowest BCUT2D eigenvalue weighted by Crippen LogP contribution is -2.43. The predicted molar refractivity (Wildman–Crippen MR) is 75.9 cm³/mol. The summed E-state index contributed by atoms with van der Waals surface area (Å²) in [4.78, 5) is 0. The van der Waals surface area contributed by atoms with Gasteiger partial charge in [0, 0.05) is 11.3 Å². The molecule has 1 saturated carbocycles. The van der Waals surface area contributed by atoms with E-state index in [0.717, 1.165) is 28.0 Å². The van der Waals surface area contributed by atoms with Gasteiger partial charge in [-0.3, -0.25) is 0 Å². The van der Waals surface area contributed by atoms with Gasteiger partial charge in [0.05, 0.1) is 11.0 Å². The lowest BCUT2D eigenvalue weighted by molar-refractivity contribution is 0.339. The molecule has 1 aliphatic carbocycles. The molecule has 0 saturated heterocycles. The van der Waals surface area contributed by atoms with Gasteiger partial charge in [-0.15, -0.1) is 0 Å². The molecule has 5 heteroatoms. The zero-order valence-corrected chi connectivity index (χ0v) is 13.2. The normalized spacial score (nSPS) is 18.4. The summed E-state index contributed by atoms with van der Waals surface area (Å²) in [7, 11) is 0. The first kappa shape index (κ1) is 13.0. The Kier molecular flexibility index (Phi) is 4.44. The number of hydrogen-bond donors (Lipinski definition) is 1. The van der Waals surface area contributed by atoms with E-state index in [1.807, 2.05) is 17.8 Å². The first-order chi connectivity index (χ1) is 7.65. The van der Waals surface area contributed by atoms with Crippen molar-refractivity contribution in [3.8, 4) is 0 Å². The highest BCUT2D eigenvalue weighted by Crippen LogP contribution is 2.42. The van der Waals surface area contributed by atoms with Crippen molar-refractivity contribution in [3.05, 3.63) is 21.0 Å². The molecule has 1 N–H and O–H groups in total. The molecular formula is C11H15Br2NOS. The molecule has 0 atom stereocenters. The Morgan fingerprint density at radius 3 is 2.69 bits per heavy atom. The van der Waals surface area contributed by atoms with Crippen molar-refractivity contribution in [2.24, 2.45) is 0 Å². The third-order valence-electron chi connectivity index (χ3n) is 3.14. The van der Waals surface area contributed by atoms with Gasteiger partial charge in [-0.1, -0.05) is 6.42 Å². The molecule has 0 spiro atoms. The molecule has 1 aliphatic rings. The molecule has 2 nitrogen and oxygen atoms in total. The predicted octanol–water partition coefficient (Wildman–Crippen LogP) is 4.18. The average molecular weight is 369 g/mol. The summed E-state index contributed by atoms with van der Waals surface area (Å²) in [5.74, 6) is 0.967. The first-order valence-corrected chi connectivity index (χ1v) is 8.16. The SMILES string of the molecule is CSC1(CNCc2cc(Br)c(Br)o2)CCC1. The lowest BCUT2D eigenvalue weighted by Gasteiger charge is -2.40. The van der Waals surface area contributed by atoms with Crippen molar-refractivity contribution in [1.82, 2.24) is 5.32 Å². The molecule has 1 fully saturated rings. The summed E-state index contributed by atoms with van der Waals surface area (Å²) in [6.07, 6.45) is 6.26. The number of thioether (sulfide) groups is 1. The second-order valence-electron chi connectivity index (χ2n) is 4.18. The number of nitrogens with one attached hydrogen (secondary N) is 1. The fraction of sp³-hybridized carbons (Fsp3) is 0.636. The molecule has 0 aliphatic heterocycles. The Morgan fingerprint density at radius 2 is 2.25 bits per heavy atom. The molecule has 0 amide bonds. The van der Waals surface area contributed by atoms with Crippen LogP contribution >= 0.6 is 43.6 Å². The van der Waals surface area contributed by atoms with Gasteiger partial charge in [0.1, 0.15) is 5.76 Å². The molecule has 0 radical (unpaired) electrons. The van der Waals surface area contributed by atoms with Gasteiger partial charge < -0.3 is 9.73 Å². The Labute approximate surface area is 117 Å². The second kappa shape index (κ2) is 5.46.